The molecule has 2 aliphatic carbocycles. The zero-order valence-corrected chi connectivity index (χ0v) is 30.1. The van der Waals surface area contributed by atoms with Crippen LogP contribution in [-0.4, -0.2) is 15.0 Å². The Kier molecular flexibility index (Phi) is 8.06. The molecule has 0 atom stereocenters. The second-order valence-corrected chi connectivity index (χ2v) is 14.7. The predicted octanol–water partition coefficient (Wildman–Crippen LogP) is 13.1. The third-order valence-electron chi connectivity index (χ3n) is 11.5. The number of rotatable bonds is 6. The van der Waals surface area contributed by atoms with Crippen LogP contribution in [0.15, 0.2) is 176 Å². The number of benzene rings is 7. The first-order valence-electron chi connectivity index (χ1n) is 19.1. The third-order valence-corrected chi connectivity index (χ3v) is 11.5. The van der Waals surface area contributed by atoms with Gasteiger partial charge in [0.2, 0.25) is 0 Å². The van der Waals surface area contributed by atoms with Gasteiger partial charge in [-0.15, -0.1) is 0 Å². The lowest BCUT2D eigenvalue weighted by Crippen LogP contribution is -2.28. The van der Waals surface area contributed by atoms with Crippen LogP contribution >= 0.6 is 0 Å². The van der Waals surface area contributed by atoms with Gasteiger partial charge in [0.05, 0.1) is 0 Å². The molecule has 7 aromatic carbocycles. The topological polar surface area (TPSA) is 38.7 Å². The molecule has 0 amide bonds. The first kappa shape index (κ1) is 32.2. The summed E-state index contributed by atoms with van der Waals surface area (Å²) < 4.78 is 0. The summed E-state index contributed by atoms with van der Waals surface area (Å²) in [6, 6.07) is 63.1. The van der Waals surface area contributed by atoms with Crippen LogP contribution in [0, 0.1) is 0 Å². The van der Waals surface area contributed by atoms with Crippen molar-refractivity contribution < 1.29 is 0 Å². The van der Waals surface area contributed by atoms with Crippen molar-refractivity contribution in [2.45, 2.75) is 37.5 Å². The Labute approximate surface area is 317 Å². The molecule has 1 aromatic heterocycles. The van der Waals surface area contributed by atoms with Gasteiger partial charge >= 0.3 is 0 Å². The summed E-state index contributed by atoms with van der Waals surface area (Å²) in [4.78, 5) is 14.8. The van der Waals surface area contributed by atoms with Gasteiger partial charge in [0.15, 0.2) is 17.5 Å². The molecule has 2 aliphatic rings. The van der Waals surface area contributed by atoms with Crippen LogP contribution in [-0.2, 0) is 5.41 Å². The summed E-state index contributed by atoms with van der Waals surface area (Å²) >= 11 is 0. The van der Waals surface area contributed by atoms with E-state index in [2.05, 4.69) is 115 Å². The van der Waals surface area contributed by atoms with Crippen molar-refractivity contribution in [3.05, 3.63) is 187 Å². The largest absolute Gasteiger partial charge is 0.208 e. The van der Waals surface area contributed by atoms with E-state index in [4.69, 9.17) is 15.0 Å². The molecule has 0 saturated heterocycles. The number of hydrogen-bond donors (Lipinski definition) is 0. The summed E-state index contributed by atoms with van der Waals surface area (Å²) in [6.45, 7) is 0. The molecule has 54 heavy (non-hydrogen) atoms. The molecule has 3 nitrogen and oxygen atoms in total. The summed E-state index contributed by atoms with van der Waals surface area (Å²) in [5.74, 6) is 1.97. The van der Waals surface area contributed by atoms with Crippen LogP contribution in [0.25, 0.3) is 78.7 Å². The van der Waals surface area contributed by atoms with Crippen LogP contribution < -0.4 is 0 Å². The highest BCUT2D eigenvalue weighted by Crippen LogP contribution is 2.56. The number of fused-ring (bicyclic) bond motifs is 5. The Morgan fingerprint density at radius 2 is 0.704 bits per heavy atom. The van der Waals surface area contributed by atoms with Crippen molar-refractivity contribution in [2.75, 3.05) is 0 Å². The summed E-state index contributed by atoms with van der Waals surface area (Å²) in [5.41, 5.74) is 16.1. The highest BCUT2D eigenvalue weighted by Gasteiger charge is 2.43. The minimum absolute atomic E-state index is 0.147. The van der Waals surface area contributed by atoms with Crippen molar-refractivity contribution in [2.24, 2.45) is 0 Å². The Morgan fingerprint density at radius 3 is 1.26 bits per heavy atom. The average molecular weight is 694 g/mol. The molecule has 258 valence electrons. The molecule has 0 unspecified atom stereocenters. The van der Waals surface area contributed by atoms with Gasteiger partial charge in [-0.3, -0.25) is 0 Å². The molecule has 1 spiro atoms. The quantitative estimate of drug-likeness (QED) is 0.174. The van der Waals surface area contributed by atoms with Crippen LogP contribution in [0.2, 0.25) is 0 Å². The Balaban J connectivity index is 0.993. The maximum absolute atomic E-state index is 4.98. The fourth-order valence-electron chi connectivity index (χ4n) is 8.86. The minimum Gasteiger partial charge on any atom is -0.208 e. The van der Waals surface area contributed by atoms with E-state index in [0.29, 0.717) is 17.5 Å². The van der Waals surface area contributed by atoms with Gasteiger partial charge in [-0.25, -0.2) is 15.0 Å². The minimum atomic E-state index is 0.147. The smallest absolute Gasteiger partial charge is 0.164 e. The second kappa shape index (κ2) is 13.5. The van der Waals surface area contributed by atoms with E-state index in [-0.39, 0.29) is 5.41 Å². The van der Waals surface area contributed by atoms with Crippen molar-refractivity contribution in [3.8, 4) is 78.7 Å². The Hall–Kier alpha value is -6.45. The van der Waals surface area contributed by atoms with Crippen LogP contribution in [0.5, 0.6) is 0 Å². The van der Waals surface area contributed by atoms with E-state index < -0.39 is 0 Å². The SMILES string of the molecule is c1ccc(-c2nc(-c3ccccc3)nc(-c3cccc(-c4cccc(-c5cccc(-c6ccc7c(c6)C6(CCCCC6)c6ccccc6-7)c5)c4)c3)n2)cc1. The first-order chi connectivity index (χ1) is 26.7. The average Bonchev–Trinajstić information content (AvgIpc) is 3.52. The first-order valence-corrected chi connectivity index (χ1v) is 19.1. The molecule has 1 heterocycles. The molecule has 1 fully saturated rings. The van der Waals surface area contributed by atoms with Crippen molar-refractivity contribution in [1.29, 1.82) is 0 Å². The molecule has 8 aromatic rings. The molecular weight excluding hydrogens is 655 g/mol. The van der Waals surface area contributed by atoms with Crippen molar-refractivity contribution in [3.63, 3.8) is 0 Å². The zero-order valence-electron chi connectivity index (χ0n) is 30.1. The number of nitrogens with zero attached hydrogens (tertiary/aromatic N) is 3. The summed E-state index contributed by atoms with van der Waals surface area (Å²) in [5, 5.41) is 0. The van der Waals surface area contributed by atoms with Gasteiger partial charge < -0.3 is 0 Å². The third kappa shape index (κ3) is 5.74. The van der Waals surface area contributed by atoms with Gasteiger partial charge in [-0.05, 0) is 92.7 Å². The molecule has 0 bridgehead atoms. The number of aromatic nitrogens is 3. The Bertz CT molecular complexity index is 2580. The molecule has 3 heteroatoms. The van der Waals surface area contributed by atoms with Gasteiger partial charge in [0, 0.05) is 22.1 Å². The zero-order chi connectivity index (χ0) is 35.9. The highest BCUT2D eigenvalue weighted by molar-refractivity contribution is 5.85. The lowest BCUT2D eigenvalue weighted by atomic mass is 9.67. The van der Waals surface area contributed by atoms with E-state index >= 15 is 0 Å². The maximum Gasteiger partial charge on any atom is 0.164 e. The van der Waals surface area contributed by atoms with Crippen LogP contribution in [0.3, 0.4) is 0 Å². The standard InChI is InChI=1S/C51H39N3/c1-4-15-35(16-5-1)48-52-49(36-17-6-2-7-18-36)54-50(53-48)43-24-14-23-41(33-43)39-21-12-19-37(31-39)38-20-13-22-40(32-38)42-27-28-45-44-25-8-9-26-46(44)51(47(45)34-42)29-10-3-11-30-51/h1-2,4-9,12-28,31-34H,3,10-11,29-30H2. The summed E-state index contributed by atoms with van der Waals surface area (Å²) in [6.07, 6.45) is 6.41. The van der Waals surface area contributed by atoms with Crippen LogP contribution in [0.4, 0.5) is 0 Å². The molecule has 0 radical (unpaired) electrons. The van der Waals surface area contributed by atoms with E-state index in [9.17, 15) is 0 Å². The van der Waals surface area contributed by atoms with Gasteiger partial charge in [-0.2, -0.15) is 0 Å². The predicted molar refractivity (Wildman–Crippen MR) is 222 cm³/mol. The Morgan fingerprint density at radius 1 is 0.296 bits per heavy atom. The van der Waals surface area contributed by atoms with E-state index in [1.807, 2.05) is 60.7 Å². The van der Waals surface area contributed by atoms with Crippen LogP contribution in [0.1, 0.15) is 43.2 Å². The van der Waals surface area contributed by atoms with Gasteiger partial charge in [0.25, 0.3) is 0 Å². The lowest BCUT2D eigenvalue weighted by molar-refractivity contribution is 0.353. The molecule has 0 N–H and O–H groups in total. The van der Waals surface area contributed by atoms with Crippen molar-refractivity contribution in [1.82, 2.24) is 15.0 Å². The van der Waals surface area contributed by atoms with Crippen molar-refractivity contribution >= 4 is 0 Å². The fraction of sp³-hybridized carbons (Fsp3) is 0.118. The summed E-state index contributed by atoms with van der Waals surface area (Å²) in [7, 11) is 0. The van der Waals surface area contributed by atoms with E-state index in [0.717, 1.165) is 27.8 Å². The highest BCUT2D eigenvalue weighted by atomic mass is 15.0. The fourth-order valence-corrected chi connectivity index (χ4v) is 8.86. The van der Waals surface area contributed by atoms with Gasteiger partial charge in [0.1, 0.15) is 0 Å². The monoisotopic (exact) mass is 693 g/mol. The molecule has 10 rings (SSSR count). The van der Waals surface area contributed by atoms with Gasteiger partial charge in [-0.1, -0.05) is 171 Å². The molecule has 0 aliphatic heterocycles. The normalized spacial score (nSPS) is 14.1. The maximum atomic E-state index is 4.98. The molecular formula is C51H39N3. The molecule has 1 saturated carbocycles. The van der Waals surface area contributed by atoms with E-state index in [1.54, 1.807) is 0 Å². The number of hydrogen-bond acceptors (Lipinski definition) is 3. The van der Waals surface area contributed by atoms with E-state index in [1.165, 1.54) is 76.6 Å². The lowest BCUT2D eigenvalue weighted by Gasteiger charge is -2.36. The second-order valence-electron chi connectivity index (χ2n) is 14.7.